The van der Waals surface area contributed by atoms with E-state index in [9.17, 15) is 19.5 Å². The third kappa shape index (κ3) is 3.13. The van der Waals surface area contributed by atoms with Gasteiger partial charge in [-0.25, -0.2) is 9.59 Å². The molecule has 0 fully saturated rings. The Morgan fingerprint density at radius 1 is 1.38 bits per heavy atom. The molecule has 1 amide bonds. The van der Waals surface area contributed by atoms with E-state index in [0.29, 0.717) is 17.6 Å². The van der Waals surface area contributed by atoms with Crippen LogP contribution >= 0.6 is 0 Å². The Bertz CT molecular complexity index is 729. The first kappa shape index (κ1) is 14.8. The van der Waals surface area contributed by atoms with Gasteiger partial charge in [-0.2, -0.15) is 0 Å². The molecule has 21 heavy (non-hydrogen) atoms. The molecule has 0 bridgehead atoms. The molecule has 112 valence electrons. The van der Waals surface area contributed by atoms with Crippen molar-refractivity contribution in [1.29, 1.82) is 0 Å². The molecule has 2 aromatic rings. The van der Waals surface area contributed by atoms with E-state index in [0.717, 1.165) is 6.42 Å². The van der Waals surface area contributed by atoms with Crippen LogP contribution in [0.25, 0.3) is 11.0 Å². The zero-order valence-electron chi connectivity index (χ0n) is 11.7. The molecule has 0 atom stereocenters. The number of aromatic carboxylic acids is 1. The molecule has 0 aliphatic rings. The average molecular weight is 291 g/mol. The minimum Gasteiger partial charge on any atom is -0.478 e. The van der Waals surface area contributed by atoms with Crippen molar-refractivity contribution in [2.75, 3.05) is 6.54 Å². The van der Waals surface area contributed by atoms with Crippen LogP contribution in [0, 0.1) is 0 Å². The van der Waals surface area contributed by atoms with Gasteiger partial charge in [0.15, 0.2) is 0 Å². The predicted molar refractivity (Wildman–Crippen MR) is 77.4 cm³/mol. The first-order valence-corrected chi connectivity index (χ1v) is 6.76. The van der Waals surface area contributed by atoms with Crippen LogP contribution in [-0.2, 0) is 11.3 Å². The second-order valence-electron chi connectivity index (χ2n) is 4.69. The number of fused-ring (bicyclic) bond motifs is 1. The van der Waals surface area contributed by atoms with Crippen molar-refractivity contribution in [3.8, 4) is 0 Å². The Balaban J connectivity index is 2.31. The van der Waals surface area contributed by atoms with E-state index in [1.54, 1.807) is 12.1 Å². The van der Waals surface area contributed by atoms with Gasteiger partial charge < -0.3 is 15.4 Å². The SMILES string of the molecule is CCCNC(=O)CCn1c(=O)[nH]c2cccc(C(=O)O)c21. The average Bonchev–Trinajstić information content (AvgIpc) is 2.77. The molecule has 1 aromatic carbocycles. The minimum absolute atomic E-state index is 0.0415. The zero-order valence-corrected chi connectivity index (χ0v) is 11.7. The third-order valence-electron chi connectivity index (χ3n) is 3.16. The van der Waals surface area contributed by atoms with E-state index in [4.69, 9.17) is 0 Å². The van der Waals surface area contributed by atoms with Gasteiger partial charge in [0.2, 0.25) is 5.91 Å². The van der Waals surface area contributed by atoms with E-state index in [-0.39, 0.29) is 24.4 Å². The summed E-state index contributed by atoms with van der Waals surface area (Å²) in [4.78, 5) is 37.4. The van der Waals surface area contributed by atoms with Crippen molar-refractivity contribution in [3.63, 3.8) is 0 Å². The maximum Gasteiger partial charge on any atom is 0.337 e. The van der Waals surface area contributed by atoms with Crippen molar-refractivity contribution >= 4 is 22.9 Å². The molecule has 0 saturated carbocycles. The summed E-state index contributed by atoms with van der Waals surface area (Å²) in [7, 11) is 0. The molecule has 7 nitrogen and oxygen atoms in total. The fourth-order valence-electron chi connectivity index (χ4n) is 2.17. The molecule has 0 aliphatic carbocycles. The van der Waals surface area contributed by atoms with Gasteiger partial charge in [-0.3, -0.25) is 9.36 Å². The summed E-state index contributed by atoms with van der Waals surface area (Å²) < 4.78 is 1.30. The van der Waals surface area contributed by atoms with E-state index in [1.807, 2.05) is 6.92 Å². The molecule has 3 N–H and O–H groups in total. The Morgan fingerprint density at radius 2 is 2.14 bits per heavy atom. The summed E-state index contributed by atoms with van der Waals surface area (Å²) in [5.41, 5.74) is 0.397. The lowest BCUT2D eigenvalue weighted by atomic mass is 10.2. The Labute approximate surface area is 120 Å². The fourth-order valence-corrected chi connectivity index (χ4v) is 2.17. The summed E-state index contributed by atoms with van der Waals surface area (Å²) >= 11 is 0. The van der Waals surface area contributed by atoms with Crippen LogP contribution in [-0.4, -0.2) is 33.1 Å². The molecule has 0 radical (unpaired) electrons. The number of para-hydroxylation sites is 1. The van der Waals surface area contributed by atoms with Crippen LogP contribution in [0.15, 0.2) is 23.0 Å². The Hall–Kier alpha value is -2.57. The number of carbonyl (C=O) groups is 2. The first-order valence-electron chi connectivity index (χ1n) is 6.76. The Kier molecular flexibility index (Phi) is 4.42. The molecule has 0 spiro atoms. The van der Waals surface area contributed by atoms with E-state index in [2.05, 4.69) is 10.3 Å². The first-order chi connectivity index (χ1) is 10.0. The number of carboxylic acids is 1. The van der Waals surface area contributed by atoms with Crippen LogP contribution in [0.4, 0.5) is 0 Å². The van der Waals surface area contributed by atoms with Gasteiger partial charge in [-0.05, 0) is 18.6 Å². The fraction of sp³-hybridized carbons (Fsp3) is 0.357. The second-order valence-corrected chi connectivity index (χ2v) is 4.69. The van der Waals surface area contributed by atoms with Crippen LogP contribution in [0.2, 0.25) is 0 Å². The number of hydrogen-bond donors (Lipinski definition) is 3. The standard InChI is InChI=1S/C14H17N3O4/c1-2-7-15-11(18)6-8-17-12-9(13(19)20)4-3-5-10(12)16-14(17)21/h3-5H,2,6-8H2,1H3,(H,15,18)(H,16,21)(H,19,20). The minimum atomic E-state index is -1.11. The van der Waals surface area contributed by atoms with Crippen LogP contribution in [0.5, 0.6) is 0 Å². The summed E-state index contributed by atoms with van der Waals surface area (Å²) in [5.74, 6) is -1.27. The number of H-pyrrole nitrogens is 1. The van der Waals surface area contributed by atoms with E-state index < -0.39 is 11.7 Å². The summed E-state index contributed by atoms with van der Waals surface area (Å²) in [6.45, 7) is 2.67. The van der Waals surface area contributed by atoms with Crippen molar-refractivity contribution < 1.29 is 14.7 Å². The highest BCUT2D eigenvalue weighted by atomic mass is 16.4. The van der Waals surface area contributed by atoms with Gasteiger partial charge >= 0.3 is 11.7 Å². The Morgan fingerprint density at radius 3 is 2.81 bits per heavy atom. The lowest BCUT2D eigenvalue weighted by molar-refractivity contribution is -0.121. The highest BCUT2D eigenvalue weighted by molar-refractivity contribution is 6.01. The molecular formula is C14H17N3O4. The van der Waals surface area contributed by atoms with Crippen molar-refractivity contribution in [1.82, 2.24) is 14.9 Å². The number of carbonyl (C=O) groups excluding carboxylic acids is 1. The number of rotatable bonds is 6. The van der Waals surface area contributed by atoms with Gasteiger partial charge in [-0.1, -0.05) is 13.0 Å². The number of aryl methyl sites for hydroxylation is 1. The molecule has 2 rings (SSSR count). The molecular weight excluding hydrogens is 274 g/mol. The van der Waals surface area contributed by atoms with E-state index in [1.165, 1.54) is 10.6 Å². The van der Waals surface area contributed by atoms with Crippen molar-refractivity contribution in [3.05, 3.63) is 34.2 Å². The maximum absolute atomic E-state index is 11.9. The third-order valence-corrected chi connectivity index (χ3v) is 3.16. The number of amides is 1. The molecule has 1 aromatic heterocycles. The summed E-state index contributed by atoms with van der Waals surface area (Å²) in [6.07, 6.45) is 0.961. The van der Waals surface area contributed by atoms with Gasteiger partial charge in [0.05, 0.1) is 16.6 Å². The molecule has 7 heteroatoms. The topological polar surface area (TPSA) is 104 Å². The highest BCUT2D eigenvalue weighted by Gasteiger charge is 2.15. The molecule has 1 heterocycles. The number of nitrogens with one attached hydrogen (secondary N) is 2. The number of hydrogen-bond acceptors (Lipinski definition) is 3. The summed E-state index contributed by atoms with van der Waals surface area (Å²) in [5, 5.41) is 11.9. The van der Waals surface area contributed by atoms with Gasteiger partial charge in [-0.15, -0.1) is 0 Å². The lowest BCUT2D eigenvalue weighted by Crippen LogP contribution is -2.27. The predicted octanol–water partition coefficient (Wildman–Crippen LogP) is 0.944. The van der Waals surface area contributed by atoms with E-state index >= 15 is 0 Å². The highest BCUT2D eigenvalue weighted by Crippen LogP contribution is 2.16. The van der Waals surface area contributed by atoms with Gasteiger partial charge in [0.25, 0.3) is 0 Å². The largest absolute Gasteiger partial charge is 0.478 e. The zero-order chi connectivity index (χ0) is 15.4. The maximum atomic E-state index is 11.9. The van der Waals surface area contributed by atoms with Gasteiger partial charge in [0, 0.05) is 19.5 Å². The summed E-state index contributed by atoms with van der Waals surface area (Å²) in [6, 6.07) is 4.64. The monoisotopic (exact) mass is 291 g/mol. The number of nitrogens with zero attached hydrogens (tertiary/aromatic N) is 1. The number of benzene rings is 1. The molecule has 0 unspecified atom stereocenters. The van der Waals surface area contributed by atoms with Crippen LogP contribution < -0.4 is 11.0 Å². The lowest BCUT2D eigenvalue weighted by Gasteiger charge is -2.06. The number of aromatic amines is 1. The number of imidazole rings is 1. The second kappa shape index (κ2) is 6.25. The van der Waals surface area contributed by atoms with Gasteiger partial charge in [0.1, 0.15) is 0 Å². The van der Waals surface area contributed by atoms with Crippen LogP contribution in [0.1, 0.15) is 30.1 Å². The van der Waals surface area contributed by atoms with Crippen molar-refractivity contribution in [2.45, 2.75) is 26.3 Å². The smallest absolute Gasteiger partial charge is 0.337 e. The quantitative estimate of drug-likeness (QED) is 0.736. The van der Waals surface area contributed by atoms with Crippen LogP contribution in [0.3, 0.4) is 0 Å². The molecule has 0 aliphatic heterocycles. The number of aromatic nitrogens is 2. The molecule has 0 saturated heterocycles. The van der Waals surface area contributed by atoms with Crippen molar-refractivity contribution in [2.24, 2.45) is 0 Å². The number of carboxylic acid groups (broad SMARTS) is 1. The normalized spacial score (nSPS) is 10.7.